The molecule has 2 rings (SSSR count). The van der Waals surface area contributed by atoms with Crippen LogP contribution in [0.15, 0.2) is 24.3 Å². The summed E-state index contributed by atoms with van der Waals surface area (Å²) in [5.41, 5.74) is 2.85. The van der Waals surface area contributed by atoms with Crippen LogP contribution in [0, 0.1) is 0 Å². The first kappa shape index (κ1) is 14.4. The topological polar surface area (TPSA) is 38.3 Å². The summed E-state index contributed by atoms with van der Waals surface area (Å²) in [5.74, 6) is 0.704. The molecule has 1 aliphatic rings. The van der Waals surface area contributed by atoms with Crippen molar-refractivity contribution < 1.29 is 9.53 Å². The van der Waals surface area contributed by atoms with Crippen molar-refractivity contribution in [2.75, 3.05) is 19.4 Å². The summed E-state index contributed by atoms with van der Waals surface area (Å²) < 4.78 is 4.68. The molecule has 2 atom stereocenters. The first-order valence-electron chi connectivity index (χ1n) is 6.75. The normalized spacial score (nSPS) is 21.2. The molecule has 0 bridgehead atoms. The van der Waals surface area contributed by atoms with E-state index >= 15 is 0 Å². The second-order valence-electron chi connectivity index (χ2n) is 4.67. The number of benzene rings is 1. The Morgan fingerprint density at radius 3 is 3.00 bits per heavy atom. The molecule has 104 valence electrons. The van der Waals surface area contributed by atoms with Gasteiger partial charge in [-0.2, -0.15) is 11.8 Å². The van der Waals surface area contributed by atoms with Gasteiger partial charge >= 0.3 is 5.97 Å². The highest BCUT2D eigenvalue weighted by Crippen LogP contribution is 2.38. The van der Waals surface area contributed by atoms with Crippen molar-refractivity contribution in [3.05, 3.63) is 35.4 Å². The summed E-state index contributed by atoms with van der Waals surface area (Å²) in [7, 11) is 1.44. The minimum absolute atomic E-state index is 0.122. The Morgan fingerprint density at radius 2 is 2.26 bits per heavy atom. The quantitative estimate of drug-likeness (QED) is 0.812. The largest absolute Gasteiger partial charge is 0.469 e. The van der Waals surface area contributed by atoms with Crippen LogP contribution in [0.3, 0.4) is 0 Å². The highest BCUT2D eigenvalue weighted by Gasteiger charge is 2.31. The van der Waals surface area contributed by atoms with Gasteiger partial charge in [0.25, 0.3) is 0 Å². The van der Waals surface area contributed by atoms with Gasteiger partial charge in [-0.25, -0.2) is 0 Å². The fraction of sp³-hybridized carbons (Fsp3) is 0.533. The van der Waals surface area contributed by atoms with Crippen LogP contribution in [-0.2, 0) is 16.0 Å². The summed E-state index contributed by atoms with van der Waals surface area (Å²) in [5, 5.41) is 4.08. The number of esters is 1. The van der Waals surface area contributed by atoms with Gasteiger partial charge in [0.2, 0.25) is 0 Å². The number of rotatable bonds is 6. The van der Waals surface area contributed by atoms with Gasteiger partial charge in [-0.15, -0.1) is 0 Å². The van der Waals surface area contributed by atoms with Gasteiger partial charge in [0, 0.05) is 17.0 Å². The monoisotopic (exact) mass is 279 g/mol. The molecule has 19 heavy (non-hydrogen) atoms. The zero-order valence-electron chi connectivity index (χ0n) is 11.5. The summed E-state index contributed by atoms with van der Waals surface area (Å²) in [4.78, 5) is 11.2. The van der Waals surface area contributed by atoms with E-state index in [-0.39, 0.29) is 5.97 Å². The molecule has 0 aromatic heterocycles. The number of hydrogen-bond acceptors (Lipinski definition) is 4. The number of fused-ring (bicyclic) bond motifs is 1. The molecule has 1 aliphatic carbocycles. The maximum absolute atomic E-state index is 11.2. The average molecular weight is 279 g/mol. The Hall–Kier alpha value is -1.00. The lowest BCUT2D eigenvalue weighted by Gasteiger charge is -2.20. The van der Waals surface area contributed by atoms with E-state index < -0.39 is 0 Å². The number of hydrogen-bond donors (Lipinski definition) is 1. The minimum Gasteiger partial charge on any atom is -0.469 e. The molecule has 0 saturated heterocycles. The van der Waals surface area contributed by atoms with Crippen LogP contribution in [0.1, 0.15) is 30.5 Å². The van der Waals surface area contributed by atoms with E-state index in [2.05, 4.69) is 41.2 Å². The molecule has 0 aliphatic heterocycles. The van der Waals surface area contributed by atoms with Crippen LogP contribution < -0.4 is 5.32 Å². The van der Waals surface area contributed by atoms with Gasteiger partial charge in [0.15, 0.2) is 0 Å². The SMILES string of the molecule is CCNC1c2ccccc2CC1SCCC(=O)OC. The van der Waals surface area contributed by atoms with Crippen LogP contribution in [-0.4, -0.2) is 30.6 Å². The Bertz CT molecular complexity index is 436. The van der Waals surface area contributed by atoms with E-state index in [1.165, 1.54) is 18.2 Å². The van der Waals surface area contributed by atoms with Crippen LogP contribution in [0.4, 0.5) is 0 Å². The number of ether oxygens (including phenoxy) is 1. The fourth-order valence-corrected chi connectivity index (χ4v) is 3.89. The average Bonchev–Trinajstić information content (AvgIpc) is 2.77. The molecule has 1 aromatic carbocycles. The maximum Gasteiger partial charge on any atom is 0.306 e. The van der Waals surface area contributed by atoms with Gasteiger partial charge in [-0.05, 0) is 24.1 Å². The molecule has 0 spiro atoms. The van der Waals surface area contributed by atoms with Gasteiger partial charge in [-0.1, -0.05) is 31.2 Å². The third-order valence-electron chi connectivity index (χ3n) is 3.47. The summed E-state index contributed by atoms with van der Waals surface area (Å²) in [6, 6.07) is 9.03. The molecule has 0 radical (unpaired) electrons. The highest BCUT2D eigenvalue weighted by molar-refractivity contribution is 8.00. The summed E-state index contributed by atoms with van der Waals surface area (Å²) in [6.45, 7) is 3.10. The Kier molecular flexibility index (Phi) is 5.28. The zero-order chi connectivity index (χ0) is 13.7. The van der Waals surface area contributed by atoms with E-state index in [0.29, 0.717) is 17.7 Å². The number of methoxy groups -OCH3 is 1. The van der Waals surface area contributed by atoms with Gasteiger partial charge in [-0.3, -0.25) is 4.79 Å². The standard InChI is InChI=1S/C15H21NO2S/c1-3-16-15-12-7-5-4-6-11(12)10-13(15)19-9-8-14(17)18-2/h4-7,13,15-16H,3,8-10H2,1-2H3. The Labute approximate surface area is 119 Å². The lowest BCUT2D eigenvalue weighted by Crippen LogP contribution is -2.27. The molecular weight excluding hydrogens is 258 g/mol. The van der Waals surface area contributed by atoms with Crippen molar-refractivity contribution in [1.82, 2.24) is 5.32 Å². The van der Waals surface area contributed by atoms with Gasteiger partial charge in [0.1, 0.15) is 0 Å². The molecule has 2 unspecified atom stereocenters. The summed E-state index contributed by atoms with van der Waals surface area (Å²) >= 11 is 1.87. The minimum atomic E-state index is -0.122. The third-order valence-corrected chi connectivity index (χ3v) is 4.78. The molecule has 0 saturated carbocycles. The Morgan fingerprint density at radius 1 is 1.47 bits per heavy atom. The van der Waals surface area contributed by atoms with E-state index in [1.54, 1.807) is 0 Å². The second kappa shape index (κ2) is 6.96. The molecular formula is C15H21NO2S. The van der Waals surface area contributed by atoms with E-state index in [4.69, 9.17) is 0 Å². The first-order chi connectivity index (χ1) is 9.26. The van der Waals surface area contributed by atoms with Crippen LogP contribution >= 0.6 is 11.8 Å². The smallest absolute Gasteiger partial charge is 0.306 e. The second-order valence-corrected chi connectivity index (χ2v) is 6.02. The van der Waals surface area contributed by atoms with Crippen LogP contribution in [0.2, 0.25) is 0 Å². The van der Waals surface area contributed by atoms with Crippen LogP contribution in [0.5, 0.6) is 0 Å². The lowest BCUT2D eigenvalue weighted by molar-refractivity contribution is -0.140. The Balaban J connectivity index is 1.96. The molecule has 3 nitrogen and oxygen atoms in total. The molecule has 0 heterocycles. The predicted molar refractivity (Wildman–Crippen MR) is 79.4 cm³/mol. The molecule has 4 heteroatoms. The summed E-state index contributed by atoms with van der Waals surface area (Å²) in [6.07, 6.45) is 1.58. The predicted octanol–water partition coefficient (Wildman–Crippen LogP) is 2.56. The van der Waals surface area contributed by atoms with E-state index in [9.17, 15) is 4.79 Å². The van der Waals surface area contributed by atoms with Crippen molar-refractivity contribution >= 4 is 17.7 Å². The number of carbonyl (C=O) groups excluding carboxylic acids is 1. The van der Waals surface area contributed by atoms with Crippen molar-refractivity contribution in [2.24, 2.45) is 0 Å². The molecule has 1 N–H and O–H groups in total. The van der Waals surface area contributed by atoms with Crippen LogP contribution in [0.25, 0.3) is 0 Å². The van der Waals surface area contributed by atoms with E-state index in [1.807, 2.05) is 11.8 Å². The number of carbonyl (C=O) groups is 1. The highest BCUT2D eigenvalue weighted by atomic mass is 32.2. The van der Waals surface area contributed by atoms with Crippen molar-refractivity contribution in [1.29, 1.82) is 0 Å². The first-order valence-corrected chi connectivity index (χ1v) is 7.80. The number of nitrogens with one attached hydrogen (secondary N) is 1. The van der Waals surface area contributed by atoms with Crippen molar-refractivity contribution in [3.63, 3.8) is 0 Å². The zero-order valence-corrected chi connectivity index (χ0v) is 12.3. The maximum atomic E-state index is 11.2. The molecule has 1 aromatic rings. The van der Waals surface area contributed by atoms with Gasteiger partial charge < -0.3 is 10.1 Å². The third kappa shape index (κ3) is 3.51. The van der Waals surface area contributed by atoms with Crippen molar-refractivity contribution in [2.45, 2.75) is 31.1 Å². The van der Waals surface area contributed by atoms with Gasteiger partial charge in [0.05, 0.1) is 13.5 Å². The number of thioether (sulfide) groups is 1. The molecule has 0 amide bonds. The lowest BCUT2D eigenvalue weighted by atomic mass is 10.1. The molecule has 0 fully saturated rings. The fourth-order valence-electron chi connectivity index (χ4n) is 2.57. The van der Waals surface area contributed by atoms with E-state index in [0.717, 1.165) is 18.7 Å². The van der Waals surface area contributed by atoms with Crippen molar-refractivity contribution in [3.8, 4) is 0 Å².